The van der Waals surface area contributed by atoms with Crippen LogP contribution in [0.25, 0.3) is 0 Å². The van der Waals surface area contributed by atoms with E-state index in [1.54, 1.807) is 11.9 Å². The highest BCUT2D eigenvalue weighted by Crippen LogP contribution is 2.14. The van der Waals surface area contributed by atoms with Gasteiger partial charge in [0.1, 0.15) is 6.29 Å². The van der Waals surface area contributed by atoms with Gasteiger partial charge >= 0.3 is 0 Å². The molecule has 5 nitrogen and oxygen atoms in total. The van der Waals surface area contributed by atoms with Crippen molar-refractivity contribution < 1.29 is 0 Å². The number of nitrogens with zero attached hydrogens (tertiary/aromatic N) is 1. The lowest BCUT2D eigenvalue weighted by Crippen LogP contribution is -2.46. The van der Waals surface area contributed by atoms with E-state index in [1.807, 2.05) is 0 Å². The second-order valence-electron chi connectivity index (χ2n) is 2.20. The average molecular weight is 161 g/mol. The van der Waals surface area contributed by atoms with Crippen molar-refractivity contribution in [1.82, 2.24) is 25.8 Å². The summed E-state index contributed by atoms with van der Waals surface area (Å²) in [6.45, 7) is 1.78. The molecule has 6 heteroatoms. The summed E-state index contributed by atoms with van der Waals surface area (Å²) in [6.07, 6.45) is 0.278. The third-order valence-corrected chi connectivity index (χ3v) is 2.52. The smallest absolute Gasteiger partial charge is 0.138 e. The van der Waals surface area contributed by atoms with Crippen LogP contribution in [0, 0.1) is 0 Å². The standard InChI is InChI=1S/C4H11N5S/c1-6-4(8-7-1)9-2-5-3-10-9/h4-8H,1-3H2. The van der Waals surface area contributed by atoms with Gasteiger partial charge in [0.05, 0.1) is 19.2 Å². The number of hydrogen-bond donors (Lipinski definition) is 4. The summed E-state index contributed by atoms with van der Waals surface area (Å²) in [5, 5.41) is 6.47. The SMILES string of the molecule is C1NNC(N2CNCS2)N1. The Hall–Kier alpha value is 0.150. The van der Waals surface area contributed by atoms with Crippen LogP contribution in [0.4, 0.5) is 0 Å². The number of nitrogens with one attached hydrogen (secondary N) is 4. The minimum absolute atomic E-state index is 0.278. The molecule has 2 saturated heterocycles. The third-order valence-electron chi connectivity index (χ3n) is 1.51. The minimum atomic E-state index is 0.278. The monoisotopic (exact) mass is 161 g/mol. The van der Waals surface area contributed by atoms with E-state index in [4.69, 9.17) is 0 Å². The highest BCUT2D eigenvalue weighted by atomic mass is 32.2. The molecule has 2 aliphatic heterocycles. The van der Waals surface area contributed by atoms with E-state index in [2.05, 4.69) is 25.8 Å². The van der Waals surface area contributed by atoms with E-state index in [1.165, 1.54) is 0 Å². The molecule has 0 aliphatic carbocycles. The topological polar surface area (TPSA) is 51.4 Å². The summed E-state index contributed by atoms with van der Waals surface area (Å²) >= 11 is 1.80. The molecule has 10 heavy (non-hydrogen) atoms. The van der Waals surface area contributed by atoms with Gasteiger partial charge in [0, 0.05) is 0 Å². The van der Waals surface area contributed by atoms with Crippen molar-refractivity contribution in [2.75, 3.05) is 19.2 Å². The molecule has 0 radical (unpaired) electrons. The predicted octanol–water partition coefficient (Wildman–Crippen LogP) is -1.61. The molecule has 2 aliphatic rings. The van der Waals surface area contributed by atoms with Gasteiger partial charge < -0.3 is 0 Å². The largest absolute Gasteiger partial charge is 0.293 e. The maximum absolute atomic E-state index is 3.24. The number of hydrazine groups is 1. The van der Waals surface area contributed by atoms with Crippen LogP contribution < -0.4 is 21.5 Å². The van der Waals surface area contributed by atoms with E-state index in [0.717, 1.165) is 19.2 Å². The molecule has 0 saturated carbocycles. The lowest BCUT2D eigenvalue weighted by Gasteiger charge is -2.19. The van der Waals surface area contributed by atoms with Gasteiger partial charge in [0.25, 0.3) is 0 Å². The molecule has 0 aromatic heterocycles. The second-order valence-corrected chi connectivity index (χ2v) is 3.22. The van der Waals surface area contributed by atoms with Gasteiger partial charge in [-0.2, -0.15) is 0 Å². The van der Waals surface area contributed by atoms with Crippen molar-refractivity contribution in [3.05, 3.63) is 0 Å². The Morgan fingerprint density at radius 3 is 3.10 bits per heavy atom. The van der Waals surface area contributed by atoms with Gasteiger partial charge in [-0.25, -0.2) is 15.2 Å². The Morgan fingerprint density at radius 1 is 1.50 bits per heavy atom. The molecule has 1 atom stereocenters. The van der Waals surface area contributed by atoms with Crippen LogP contribution in [0.2, 0.25) is 0 Å². The molecule has 0 aromatic carbocycles. The Labute approximate surface area is 64.0 Å². The van der Waals surface area contributed by atoms with E-state index < -0.39 is 0 Å². The summed E-state index contributed by atoms with van der Waals surface area (Å²) < 4.78 is 2.22. The van der Waals surface area contributed by atoms with Crippen molar-refractivity contribution in [2.24, 2.45) is 0 Å². The maximum Gasteiger partial charge on any atom is 0.138 e. The van der Waals surface area contributed by atoms with E-state index in [0.29, 0.717) is 0 Å². The summed E-state index contributed by atoms with van der Waals surface area (Å²) in [6, 6.07) is 0. The van der Waals surface area contributed by atoms with Crippen molar-refractivity contribution in [3.63, 3.8) is 0 Å². The number of rotatable bonds is 1. The first-order valence-electron chi connectivity index (χ1n) is 3.29. The normalized spacial score (nSPS) is 35.4. The Kier molecular flexibility index (Phi) is 2.07. The molecular formula is C4H11N5S. The Morgan fingerprint density at radius 2 is 2.50 bits per heavy atom. The zero-order valence-corrected chi connectivity index (χ0v) is 6.37. The van der Waals surface area contributed by atoms with Crippen molar-refractivity contribution in [3.8, 4) is 0 Å². The van der Waals surface area contributed by atoms with Crippen LogP contribution >= 0.6 is 11.9 Å². The zero-order valence-electron chi connectivity index (χ0n) is 5.55. The molecule has 0 aromatic rings. The van der Waals surface area contributed by atoms with Gasteiger partial charge in [-0.1, -0.05) is 11.9 Å². The van der Waals surface area contributed by atoms with Crippen molar-refractivity contribution >= 4 is 11.9 Å². The molecule has 2 rings (SSSR count). The molecule has 0 amide bonds. The third kappa shape index (κ3) is 1.26. The van der Waals surface area contributed by atoms with Gasteiger partial charge in [-0.05, 0) is 0 Å². The first-order chi connectivity index (χ1) is 4.97. The molecule has 0 bridgehead atoms. The Bertz CT molecular complexity index is 94.2. The Balaban J connectivity index is 1.85. The molecule has 2 fully saturated rings. The summed E-state index contributed by atoms with van der Waals surface area (Å²) in [5.74, 6) is 1.01. The first-order valence-corrected chi connectivity index (χ1v) is 4.23. The molecule has 1 unspecified atom stereocenters. The molecule has 0 spiro atoms. The van der Waals surface area contributed by atoms with Crippen LogP contribution in [0.3, 0.4) is 0 Å². The quantitative estimate of drug-likeness (QED) is 0.347. The van der Waals surface area contributed by atoms with E-state index >= 15 is 0 Å². The van der Waals surface area contributed by atoms with Gasteiger partial charge in [-0.3, -0.25) is 10.6 Å². The van der Waals surface area contributed by atoms with Gasteiger partial charge in [0.2, 0.25) is 0 Å². The van der Waals surface area contributed by atoms with Crippen LogP contribution in [0.15, 0.2) is 0 Å². The average Bonchev–Trinajstić information content (AvgIpc) is 2.59. The lowest BCUT2D eigenvalue weighted by molar-refractivity contribution is 0.297. The molecule has 2 heterocycles. The summed E-state index contributed by atoms with van der Waals surface area (Å²) in [5.41, 5.74) is 6.11. The van der Waals surface area contributed by atoms with Crippen LogP contribution in [-0.4, -0.2) is 29.8 Å². The molecule has 4 N–H and O–H groups in total. The predicted molar refractivity (Wildman–Crippen MR) is 40.4 cm³/mol. The fourth-order valence-corrected chi connectivity index (χ4v) is 1.82. The van der Waals surface area contributed by atoms with Crippen LogP contribution in [0.5, 0.6) is 0 Å². The minimum Gasteiger partial charge on any atom is -0.293 e. The zero-order chi connectivity index (χ0) is 6.81. The van der Waals surface area contributed by atoms with Crippen molar-refractivity contribution in [2.45, 2.75) is 6.29 Å². The molecular weight excluding hydrogens is 150 g/mol. The summed E-state index contributed by atoms with van der Waals surface area (Å²) in [7, 11) is 0. The lowest BCUT2D eigenvalue weighted by atomic mass is 10.8. The van der Waals surface area contributed by atoms with Crippen LogP contribution in [0.1, 0.15) is 0 Å². The van der Waals surface area contributed by atoms with Crippen LogP contribution in [-0.2, 0) is 0 Å². The van der Waals surface area contributed by atoms with E-state index in [-0.39, 0.29) is 6.29 Å². The molecule has 58 valence electrons. The van der Waals surface area contributed by atoms with E-state index in [9.17, 15) is 0 Å². The highest BCUT2D eigenvalue weighted by Gasteiger charge is 2.23. The fraction of sp³-hybridized carbons (Fsp3) is 1.00. The highest BCUT2D eigenvalue weighted by molar-refractivity contribution is 7.97. The first kappa shape index (κ1) is 6.84. The fourth-order valence-electron chi connectivity index (χ4n) is 1.02. The van der Waals surface area contributed by atoms with Gasteiger partial charge in [0.15, 0.2) is 0 Å². The second kappa shape index (κ2) is 3.04. The summed E-state index contributed by atoms with van der Waals surface area (Å²) in [4.78, 5) is 0. The number of hydrogen-bond acceptors (Lipinski definition) is 6. The maximum atomic E-state index is 3.24. The van der Waals surface area contributed by atoms with Crippen molar-refractivity contribution in [1.29, 1.82) is 0 Å². The van der Waals surface area contributed by atoms with Gasteiger partial charge in [-0.15, -0.1) is 0 Å².